The van der Waals surface area contributed by atoms with Crippen LogP contribution in [0.3, 0.4) is 0 Å². The molecule has 0 aliphatic carbocycles. The van der Waals surface area contributed by atoms with Crippen LogP contribution in [0.2, 0.25) is 0 Å². The zero-order valence-electron chi connectivity index (χ0n) is 12.1. The molecule has 2 aromatic rings. The first-order valence-electron chi connectivity index (χ1n) is 7.00. The molecule has 114 valence electrons. The van der Waals surface area contributed by atoms with Gasteiger partial charge in [-0.3, -0.25) is 15.0 Å². The number of halogens is 1. The molecule has 0 spiro atoms. The third-order valence-corrected chi connectivity index (χ3v) is 3.35. The number of anilines is 1. The van der Waals surface area contributed by atoms with Crippen LogP contribution in [0.4, 0.5) is 10.1 Å². The van der Waals surface area contributed by atoms with Gasteiger partial charge in [-0.05, 0) is 24.3 Å². The van der Waals surface area contributed by atoms with E-state index >= 15 is 0 Å². The number of allylic oxidation sites excluding steroid dienone is 2. The molecule has 2 amide bonds. The summed E-state index contributed by atoms with van der Waals surface area (Å²) in [7, 11) is 0. The second-order valence-electron chi connectivity index (χ2n) is 4.88. The highest BCUT2D eigenvalue weighted by atomic mass is 19.1. The fourth-order valence-corrected chi connectivity index (χ4v) is 2.19. The maximum absolute atomic E-state index is 13.5. The van der Waals surface area contributed by atoms with Gasteiger partial charge in [-0.2, -0.15) is 0 Å². The smallest absolute Gasteiger partial charge is 0.267 e. The van der Waals surface area contributed by atoms with Crippen LogP contribution in [-0.2, 0) is 9.59 Å². The van der Waals surface area contributed by atoms with E-state index in [2.05, 4.69) is 5.43 Å². The maximum atomic E-state index is 13.5. The summed E-state index contributed by atoms with van der Waals surface area (Å²) in [4.78, 5) is 24.2. The lowest BCUT2D eigenvalue weighted by Crippen LogP contribution is -2.35. The number of hydrazine groups is 1. The van der Waals surface area contributed by atoms with E-state index in [-0.39, 0.29) is 11.4 Å². The van der Waals surface area contributed by atoms with Crippen LogP contribution in [-0.4, -0.2) is 11.8 Å². The minimum atomic E-state index is -0.489. The third kappa shape index (κ3) is 3.03. The van der Waals surface area contributed by atoms with Crippen molar-refractivity contribution in [2.24, 2.45) is 0 Å². The summed E-state index contributed by atoms with van der Waals surface area (Å²) < 4.78 is 13.5. The van der Waals surface area contributed by atoms with Crippen molar-refractivity contribution < 1.29 is 14.0 Å². The van der Waals surface area contributed by atoms with Gasteiger partial charge in [0.05, 0.1) is 5.69 Å². The Morgan fingerprint density at radius 1 is 0.957 bits per heavy atom. The summed E-state index contributed by atoms with van der Waals surface area (Å²) in [6, 6.07) is 15.1. The number of hydrogen-bond donors (Lipinski definition) is 1. The molecule has 1 aliphatic heterocycles. The van der Waals surface area contributed by atoms with Crippen molar-refractivity contribution >= 4 is 23.6 Å². The first-order chi connectivity index (χ1) is 11.2. The molecule has 1 fully saturated rings. The lowest BCUT2D eigenvalue weighted by molar-refractivity contribution is -0.117. The van der Waals surface area contributed by atoms with Gasteiger partial charge in [0, 0.05) is 5.56 Å². The van der Waals surface area contributed by atoms with E-state index in [1.54, 1.807) is 42.5 Å². The van der Waals surface area contributed by atoms with Crippen LogP contribution < -0.4 is 10.4 Å². The third-order valence-electron chi connectivity index (χ3n) is 3.35. The van der Waals surface area contributed by atoms with E-state index in [1.807, 2.05) is 6.07 Å². The molecule has 0 radical (unpaired) electrons. The normalized spacial score (nSPS) is 16.4. The molecular formula is C18H13FN2O2. The quantitative estimate of drug-likeness (QED) is 0.700. The highest BCUT2D eigenvalue weighted by Crippen LogP contribution is 2.19. The van der Waals surface area contributed by atoms with Crippen molar-refractivity contribution in [3.63, 3.8) is 0 Å². The minimum Gasteiger partial charge on any atom is -0.267 e. The lowest BCUT2D eigenvalue weighted by atomic mass is 10.1. The van der Waals surface area contributed by atoms with Crippen LogP contribution in [0, 0.1) is 5.82 Å². The van der Waals surface area contributed by atoms with E-state index in [4.69, 9.17) is 0 Å². The molecule has 3 rings (SSSR count). The number of benzene rings is 2. The zero-order valence-corrected chi connectivity index (χ0v) is 12.1. The molecule has 0 atom stereocenters. The molecule has 1 heterocycles. The van der Waals surface area contributed by atoms with E-state index in [1.165, 1.54) is 29.3 Å². The van der Waals surface area contributed by atoms with E-state index in [0.29, 0.717) is 11.3 Å². The minimum absolute atomic E-state index is 0.00134. The van der Waals surface area contributed by atoms with Crippen LogP contribution in [0.5, 0.6) is 0 Å². The number of nitrogens with zero attached hydrogens (tertiary/aromatic N) is 1. The van der Waals surface area contributed by atoms with Crippen LogP contribution >= 0.6 is 0 Å². The Hall–Kier alpha value is -3.21. The number of para-hydroxylation sites is 1. The fourth-order valence-electron chi connectivity index (χ4n) is 2.19. The topological polar surface area (TPSA) is 49.4 Å². The highest BCUT2D eigenvalue weighted by molar-refractivity contribution is 6.29. The molecule has 2 aromatic carbocycles. The molecule has 5 heteroatoms. The van der Waals surface area contributed by atoms with Gasteiger partial charge in [-0.15, -0.1) is 0 Å². The van der Waals surface area contributed by atoms with Crippen LogP contribution in [0.15, 0.2) is 72.3 Å². The van der Waals surface area contributed by atoms with Crippen LogP contribution in [0.1, 0.15) is 5.56 Å². The maximum Gasteiger partial charge on any atom is 0.282 e. The average Bonchev–Trinajstić information content (AvgIpc) is 2.85. The molecule has 4 nitrogen and oxygen atoms in total. The lowest BCUT2D eigenvalue weighted by Gasteiger charge is -2.13. The van der Waals surface area contributed by atoms with Crippen molar-refractivity contribution in [1.29, 1.82) is 0 Å². The van der Waals surface area contributed by atoms with Crippen molar-refractivity contribution in [3.05, 3.63) is 83.7 Å². The predicted molar refractivity (Wildman–Crippen MR) is 85.6 cm³/mol. The Balaban J connectivity index is 1.82. The van der Waals surface area contributed by atoms with E-state index in [9.17, 15) is 14.0 Å². The summed E-state index contributed by atoms with van der Waals surface area (Å²) >= 11 is 0. The summed E-state index contributed by atoms with van der Waals surface area (Å²) in [5, 5.41) is 1.19. The molecule has 1 saturated heterocycles. The number of carbonyl (C=O) groups excluding carboxylic acids is 2. The summed E-state index contributed by atoms with van der Waals surface area (Å²) in [5.41, 5.74) is 3.46. The standard InChI is InChI=1S/C18H13FN2O2/c19-16-12-5-4-7-13(16)8-6-11-15-17(22)20-21(18(15)23)14-9-2-1-3-10-14/h1-12H,(H,20,22)/b8-6+,15-11-. The number of rotatable bonds is 3. The summed E-state index contributed by atoms with van der Waals surface area (Å²) in [6.07, 6.45) is 4.38. The van der Waals surface area contributed by atoms with Gasteiger partial charge in [-0.1, -0.05) is 48.6 Å². The van der Waals surface area contributed by atoms with Gasteiger partial charge in [0.2, 0.25) is 0 Å². The van der Waals surface area contributed by atoms with Gasteiger partial charge in [0.25, 0.3) is 11.8 Å². The molecule has 0 unspecified atom stereocenters. The second-order valence-corrected chi connectivity index (χ2v) is 4.88. The first kappa shape index (κ1) is 14.7. The van der Waals surface area contributed by atoms with E-state index in [0.717, 1.165) is 0 Å². The summed E-state index contributed by atoms with van der Waals surface area (Å²) in [6.45, 7) is 0. The van der Waals surface area contributed by atoms with Crippen LogP contribution in [0.25, 0.3) is 6.08 Å². The SMILES string of the molecule is O=C1NN(c2ccccc2)C(=O)/C1=C\C=C\c1ccccc1F. The highest BCUT2D eigenvalue weighted by Gasteiger charge is 2.33. The number of carbonyl (C=O) groups is 2. The van der Waals surface area contributed by atoms with Gasteiger partial charge >= 0.3 is 0 Å². The zero-order chi connectivity index (χ0) is 16.2. The molecule has 0 aromatic heterocycles. The van der Waals surface area contributed by atoms with Gasteiger partial charge in [-0.25, -0.2) is 9.40 Å². The first-order valence-corrected chi connectivity index (χ1v) is 7.00. The predicted octanol–water partition coefficient (Wildman–Crippen LogP) is 2.84. The number of hydrogen-bond acceptors (Lipinski definition) is 2. The molecular weight excluding hydrogens is 295 g/mol. The van der Waals surface area contributed by atoms with Gasteiger partial charge in [0.15, 0.2) is 0 Å². The monoisotopic (exact) mass is 308 g/mol. The van der Waals surface area contributed by atoms with Crippen molar-refractivity contribution in [1.82, 2.24) is 5.43 Å². The van der Waals surface area contributed by atoms with Crippen molar-refractivity contribution in [2.75, 3.05) is 5.01 Å². The Labute approximate surface area is 132 Å². The molecule has 0 saturated carbocycles. The largest absolute Gasteiger partial charge is 0.282 e. The Morgan fingerprint density at radius 2 is 1.65 bits per heavy atom. The number of nitrogens with one attached hydrogen (secondary N) is 1. The summed E-state index contributed by atoms with van der Waals surface area (Å²) in [5.74, 6) is -1.30. The molecule has 1 N–H and O–H groups in total. The fraction of sp³-hybridized carbons (Fsp3) is 0. The van der Waals surface area contributed by atoms with E-state index < -0.39 is 11.8 Å². The van der Waals surface area contributed by atoms with Crippen molar-refractivity contribution in [2.45, 2.75) is 0 Å². The Kier molecular flexibility index (Phi) is 4.01. The Morgan fingerprint density at radius 3 is 2.39 bits per heavy atom. The van der Waals surface area contributed by atoms with Crippen molar-refractivity contribution in [3.8, 4) is 0 Å². The molecule has 23 heavy (non-hydrogen) atoms. The molecule has 1 aliphatic rings. The van der Waals surface area contributed by atoms with Gasteiger partial charge in [0.1, 0.15) is 11.4 Å². The Bertz CT molecular complexity index is 813. The molecule has 0 bridgehead atoms. The average molecular weight is 308 g/mol. The second kappa shape index (κ2) is 6.27. The number of amides is 2. The van der Waals surface area contributed by atoms with Gasteiger partial charge < -0.3 is 0 Å².